The molecule has 1 aromatic heterocycles. The molecule has 2 heterocycles. The van der Waals surface area contributed by atoms with E-state index in [9.17, 15) is 18.0 Å². The summed E-state index contributed by atoms with van der Waals surface area (Å²) in [7, 11) is 0. The molecular formula is C19H23F3N4O. The zero-order valence-electron chi connectivity index (χ0n) is 15.4. The summed E-state index contributed by atoms with van der Waals surface area (Å²) < 4.78 is 40.3. The van der Waals surface area contributed by atoms with E-state index < -0.39 is 11.7 Å². The van der Waals surface area contributed by atoms with Crippen LogP contribution in [0.25, 0.3) is 5.69 Å². The van der Waals surface area contributed by atoms with E-state index in [-0.39, 0.29) is 17.6 Å². The van der Waals surface area contributed by atoms with Crippen LogP contribution in [0, 0.1) is 6.92 Å². The van der Waals surface area contributed by atoms with E-state index in [1.165, 1.54) is 16.9 Å². The maximum absolute atomic E-state index is 13.1. The third-order valence-corrected chi connectivity index (χ3v) is 4.86. The van der Waals surface area contributed by atoms with Crippen molar-refractivity contribution in [1.82, 2.24) is 20.0 Å². The Morgan fingerprint density at radius 2 is 2.19 bits per heavy atom. The van der Waals surface area contributed by atoms with Crippen molar-refractivity contribution in [2.45, 2.75) is 38.9 Å². The summed E-state index contributed by atoms with van der Waals surface area (Å²) in [6, 6.07) is 5.08. The van der Waals surface area contributed by atoms with Crippen LogP contribution in [0.4, 0.5) is 13.2 Å². The number of alkyl halides is 3. The fraction of sp³-hybridized carbons (Fsp3) is 0.474. The SMILES string of the molecule is CCCN(C(=O)c1cnn(-c2cccc(C(F)(F)F)c2)c1C)C1CCNC1. The van der Waals surface area contributed by atoms with E-state index in [0.717, 1.165) is 38.1 Å². The number of amides is 1. The molecule has 2 aromatic rings. The van der Waals surface area contributed by atoms with Crippen molar-refractivity contribution in [1.29, 1.82) is 0 Å². The molecule has 0 aliphatic carbocycles. The summed E-state index contributed by atoms with van der Waals surface area (Å²) in [5.74, 6) is -0.124. The Labute approximate surface area is 156 Å². The van der Waals surface area contributed by atoms with Crippen LogP contribution >= 0.6 is 0 Å². The lowest BCUT2D eigenvalue weighted by Gasteiger charge is -2.28. The van der Waals surface area contributed by atoms with Crippen molar-refractivity contribution < 1.29 is 18.0 Å². The molecule has 1 N–H and O–H groups in total. The average Bonchev–Trinajstić information content (AvgIpc) is 3.28. The van der Waals surface area contributed by atoms with Crippen molar-refractivity contribution in [3.63, 3.8) is 0 Å². The molecule has 1 aliphatic rings. The van der Waals surface area contributed by atoms with E-state index in [0.29, 0.717) is 17.8 Å². The van der Waals surface area contributed by atoms with E-state index >= 15 is 0 Å². The number of halogens is 3. The Hall–Kier alpha value is -2.35. The summed E-state index contributed by atoms with van der Waals surface area (Å²) in [6.45, 7) is 5.99. The van der Waals surface area contributed by atoms with Crippen molar-refractivity contribution in [2.24, 2.45) is 0 Å². The van der Waals surface area contributed by atoms with Gasteiger partial charge in [0.1, 0.15) is 0 Å². The summed E-state index contributed by atoms with van der Waals surface area (Å²) in [6.07, 6.45) is -1.25. The van der Waals surface area contributed by atoms with Crippen LogP contribution in [0.5, 0.6) is 0 Å². The number of rotatable bonds is 5. The van der Waals surface area contributed by atoms with Crippen LogP contribution in [0.2, 0.25) is 0 Å². The van der Waals surface area contributed by atoms with E-state index in [1.807, 2.05) is 11.8 Å². The maximum Gasteiger partial charge on any atom is 0.416 e. The summed E-state index contributed by atoms with van der Waals surface area (Å²) >= 11 is 0. The molecule has 27 heavy (non-hydrogen) atoms. The fourth-order valence-corrected chi connectivity index (χ4v) is 3.44. The minimum absolute atomic E-state index is 0.124. The zero-order chi connectivity index (χ0) is 19.6. The predicted molar refractivity (Wildman–Crippen MR) is 95.9 cm³/mol. The number of nitrogens with zero attached hydrogens (tertiary/aromatic N) is 3. The first-order chi connectivity index (χ1) is 12.8. The minimum atomic E-state index is -4.43. The zero-order valence-corrected chi connectivity index (χ0v) is 15.4. The van der Waals surface area contributed by atoms with Gasteiger partial charge in [0.15, 0.2) is 0 Å². The van der Waals surface area contributed by atoms with Gasteiger partial charge in [0.25, 0.3) is 5.91 Å². The van der Waals surface area contributed by atoms with Gasteiger partial charge >= 0.3 is 6.18 Å². The lowest BCUT2D eigenvalue weighted by atomic mass is 10.1. The summed E-state index contributed by atoms with van der Waals surface area (Å²) in [5, 5.41) is 7.45. The molecule has 0 spiro atoms. The van der Waals surface area contributed by atoms with Gasteiger partial charge in [0, 0.05) is 19.1 Å². The molecule has 8 heteroatoms. The summed E-state index contributed by atoms with van der Waals surface area (Å²) in [5.41, 5.74) is 0.498. The second-order valence-corrected chi connectivity index (χ2v) is 6.75. The molecule has 1 aromatic carbocycles. The molecule has 1 amide bonds. The highest BCUT2D eigenvalue weighted by molar-refractivity contribution is 5.95. The lowest BCUT2D eigenvalue weighted by Crippen LogP contribution is -2.42. The van der Waals surface area contributed by atoms with Crippen LogP contribution in [-0.4, -0.2) is 46.3 Å². The number of hydrogen-bond donors (Lipinski definition) is 1. The second-order valence-electron chi connectivity index (χ2n) is 6.75. The molecule has 1 aliphatic heterocycles. The van der Waals surface area contributed by atoms with Crippen LogP contribution in [0.1, 0.15) is 41.4 Å². The Kier molecular flexibility index (Phi) is 5.55. The van der Waals surface area contributed by atoms with Crippen LogP contribution in [0.3, 0.4) is 0 Å². The number of benzene rings is 1. The molecule has 1 atom stereocenters. The number of nitrogens with one attached hydrogen (secondary N) is 1. The molecule has 0 radical (unpaired) electrons. The first-order valence-corrected chi connectivity index (χ1v) is 9.07. The van der Waals surface area contributed by atoms with Crippen molar-refractivity contribution >= 4 is 5.91 Å². The first kappa shape index (κ1) is 19.4. The van der Waals surface area contributed by atoms with Gasteiger partial charge in [-0.3, -0.25) is 4.79 Å². The molecular weight excluding hydrogens is 357 g/mol. The Balaban J connectivity index is 1.91. The number of aromatic nitrogens is 2. The van der Waals surface area contributed by atoms with Crippen LogP contribution < -0.4 is 5.32 Å². The van der Waals surface area contributed by atoms with Crippen LogP contribution in [0.15, 0.2) is 30.5 Å². The van der Waals surface area contributed by atoms with Crippen molar-refractivity contribution in [2.75, 3.05) is 19.6 Å². The van der Waals surface area contributed by atoms with Gasteiger partial charge in [0.2, 0.25) is 0 Å². The second kappa shape index (κ2) is 7.72. The Morgan fingerprint density at radius 3 is 2.81 bits per heavy atom. The molecule has 1 saturated heterocycles. The minimum Gasteiger partial charge on any atom is -0.334 e. The number of carbonyl (C=O) groups is 1. The van der Waals surface area contributed by atoms with Gasteiger partial charge in [-0.2, -0.15) is 18.3 Å². The fourth-order valence-electron chi connectivity index (χ4n) is 3.44. The Morgan fingerprint density at radius 1 is 1.41 bits per heavy atom. The number of carbonyl (C=O) groups excluding carboxylic acids is 1. The maximum atomic E-state index is 13.1. The standard InChI is InChI=1S/C19H23F3N4O/c1-3-9-25(16-7-8-23-11-16)18(27)17-12-24-26(13(17)2)15-6-4-5-14(10-15)19(20,21)22/h4-6,10,12,16,23H,3,7-9,11H2,1-2H3. The average molecular weight is 380 g/mol. The molecule has 1 fully saturated rings. The van der Waals surface area contributed by atoms with Gasteiger partial charge in [-0.25, -0.2) is 4.68 Å². The molecule has 146 valence electrons. The van der Waals surface area contributed by atoms with Crippen LogP contribution in [-0.2, 0) is 6.18 Å². The van der Waals surface area contributed by atoms with E-state index in [2.05, 4.69) is 10.4 Å². The normalized spacial score (nSPS) is 17.3. The number of hydrogen-bond acceptors (Lipinski definition) is 3. The highest BCUT2D eigenvalue weighted by Crippen LogP contribution is 2.30. The van der Waals surface area contributed by atoms with Gasteiger partial charge in [-0.05, 0) is 44.5 Å². The molecule has 3 rings (SSSR count). The van der Waals surface area contributed by atoms with Crippen molar-refractivity contribution in [3.8, 4) is 5.69 Å². The van der Waals surface area contributed by atoms with Gasteiger partial charge in [-0.1, -0.05) is 13.0 Å². The molecule has 0 saturated carbocycles. The van der Waals surface area contributed by atoms with E-state index in [1.54, 1.807) is 13.0 Å². The monoisotopic (exact) mass is 380 g/mol. The van der Waals surface area contributed by atoms with E-state index in [4.69, 9.17) is 0 Å². The third kappa shape index (κ3) is 4.00. The topological polar surface area (TPSA) is 50.2 Å². The highest BCUT2D eigenvalue weighted by atomic mass is 19.4. The lowest BCUT2D eigenvalue weighted by molar-refractivity contribution is -0.137. The largest absolute Gasteiger partial charge is 0.416 e. The predicted octanol–water partition coefficient (Wildman–Crippen LogP) is 3.41. The smallest absolute Gasteiger partial charge is 0.334 e. The molecule has 0 bridgehead atoms. The Bertz CT molecular complexity index is 810. The van der Waals surface area contributed by atoms with Gasteiger partial charge < -0.3 is 10.2 Å². The molecule has 5 nitrogen and oxygen atoms in total. The first-order valence-electron chi connectivity index (χ1n) is 9.07. The molecule has 1 unspecified atom stereocenters. The third-order valence-electron chi connectivity index (χ3n) is 4.86. The quantitative estimate of drug-likeness (QED) is 0.865. The van der Waals surface area contributed by atoms with Crippen molar-refractivity contribution in [3.05, 3.63) is 47.3 Å². The summed E-state index contributed by atoms with van der Waals surface area (Å²) in [4.78, 5) is 14.9. The van der Waals surface area contributed by atoms with Gasteiger partial charge in [0.05, 0.1) is 28.7 Å². The highest BCUT2D eigenvalue weighted by Gasteiger charge is 2.31. The van der Waals surface area contributed by atoms with Gasteiger partial charge in [-0.15, -0.1) is 0 Å².